The Balaban J connectivity index is 2.09. The molecule has 2 heterocycles. The first-order chi connectivity index (χ1) is 6.57. The molecular weight excluding hydrogens is 200 g/mol. The van der Waals surface area contributed by atoms with Crippen LogP contribution in [0.25, 0.3) is 0 Å². The lowest BCUT2D eigenvalue weighted by molar-refractivity contribution is 0.413. The van der Waals surface area contributed by atoms with Gasteiger partial charge in [0, 0.05) is 6.20 Å². The van der Waals surface area contributed by atoms with Gasteiger partial charge < -0.3 is 0 Å². The second-order valence-corrected chi connectivity index (χ2v) is 6.18. The van der Waals surface area contributed by atoms with E-state index in [-0.39, 0.29) is 6.04 Å². The maximum Gasteiger partial charge on any atom is 0.150 e. The first-order valence-corrected chi connectivity index (χ1v) is 6.60. The van der Waals surface area contributed by atoms with E-state index < -0.39 is 9.84 Å². The maximum atomic E-state index is 11.2. The fourth-order valence-electron chi connectivity index (χ4n) is 1.77. The van der Waals surface area contributed by atoms with E-state index >= 15 is 0 Å². The van der Waals surface area contributed by atoms with Gasteiger partial charge in [0.2, 0.25) is 0 Å². The number of hydrogen-bond donors (Lipinski definition) is 0. The van der Waals surface area contributed by atoms with E-state index in [2.05, 4.69) is 5.10 Å². The van der Waals surface area contributed by atoms with Crippen molar-refractivity contribution in [3.8, 4) is 0 Å². The second kappa shape index (κ2) is 3.38. The summed E-state index contributed by atoms with van der Waals surface area (Å²) in [6.45, 7) is 1.99. The lowest BCUT2D eigenvalue weighted by atomic mass is 10.2. The van der Waals surface area contributed by atoms with E-state index in [9.17, 15) is 8.42 Å². The summed E-state index contributed by atoms with van der Waals surface area (Å²) in [5.74, 6) is 0.604. The van der Waals surface area contributed by atoms with Crippen molar-refractivity contribution in [2.24, 2.45) is 0 Å². The second-order valence-electron chi connectivity index (χ2n) is 3.88. The van der Waals surface area contributed by atoms with Crippen LogP contribution >= 0.6 is 0 Å². The standard InChI is InChI=1S/C9H14N2O2S/c1-8-6-10-11(7-8)9-2-4-14(12,13)5-3-9/h6-7,9H,2-5H2,1H3. The van der Waals surface area contributed by atoms with Crippen LogP contribution in [0.3, 0.4) is 0 Å². The van der Waals surface area contributed by atoms with Crippen LogP contribution in [-0.4, -0.2) is 29.7 Å². The van der Waals surface area contributed by atoms with Gasteiger partial charge in [-0.2, -0.15) is 5.10 Å². The summed E-state index contributed by atoms with van der Waals surface area (Å²) in [6.07, 6.45) is 5.18. The van der Waals surface area contributed by atoms with Gasteiger partial charge in [-0.3, -0.25) is 4.68 Å². The third-order valence-electron chi connectivity index (χ3n) is 2.63. The third-order valence-corrected chi connectivity index (χ3v) is 4.34. The van der Waals surface area contributed by atoms with Crippen LogP contribution in [0.1, 0.15) is 24.4 Å². The lowest BCUT2D eigenvalue weighted by Crippen LogP contribution is -2.25. The quantitative estimate of drug-likeness (QED) is 0.699. The van der Waals surface area contributed by atoms with Crippen molar-refractivity contribution in [2.45, 2.75) is 25.8 Å². The van der Waals surface area contributed by atoms with Crippen molar-refractivity contribution in [2.75, 3.05) is 11.5 Å². The van der Waals surface area contributed by atoms with Crippen LogP contribution in [0.2, 0.25) is 0 Å². The molecule has 0 aromatic carbocycles. The Morgan fingerprint density at radius 1 is 1.43 bits per heavy atom. The monoisotopic (exact) mass is 214 g/mol. The van der Waals surface area contributed by atoms with Gasteiger partial charge in [0.05, 0.1) is 23.7 Å². The zero-order valence-electron chi connectivity index (χ0n) is 8.18. The predicted octanol–water partition coefficient (Wildman–Crippen LogP) is 0.941. The van der Waals surface area contributed by atoms with Gasteiger partial charge in [0.15, 0.2) is 0 Å². The molecule has 14 heavy (non-hydrogen) atoms. The van der Waals surface area contributed by atoms with Crippen molar-refractivity contribution >= 4 is 9.84 Å². The molecule has 0 atom stereocenters. The molecule has 1 saturated heterocycles. The molecule has 0 bridgehead atoms. The SMILES string of the molecule is Cc1cnn(C2CCS(=O)(=O)CC2)c1. The van der Waals surface area contributed by atoms with Crippen molar-refractivity contribution < 1.29 is 8.42 Å². The predicted molar refractivity (Wildman–Crippen MR) is 53.9 cm³/mol. The van der Waals surface area contributed by atoms with E-state index in [0.717, 1.165) is 5.56 Å². The molecule has 1 aromatic rings. The molecule has 2 rings (SSSR count). The average Bonchev–Trinajstić information content (AvgIpc) is 2.52. The van der Waals surface area contributed by atoms with Crippen molar-refractivity contribution in [1.29, 1.82) is 0 Å². The van der Waals surface area contributed by atoms with Crippen LogP contribution in [0.5, 0.6) is 0 Å². The highest BCUT2D eigenvalue weighted by Gasteiger charge is 2.24. The van der Waals surface area contributed by atoms with Gasteiger partial charge in [-0.05, 0) is 25.3 Å². The highest BCUT2D eigenvalue weighted by Crippen LogP contribution is 2.23. The van der Waals surface area contributed by atoms with E-state index in [1.54, 1.807) is 0 Å². The van der Waals surface area contributed by atoms with Crippen LogP contribution < -0.4 is 0 Å². The number of sulfone groups is 1. The van der Waals surface area contributed by atoms with Crippen molar-refractivity contribution in [1.82, 2.24) is 9.78 Å². The number of aromatic nitrogens is 2. The molecule has 0 saturated carbocycles. The molecule has 1 aromatic heterocycles. The number of aryl methyl sites for hydroxylation is 1. The number of rotatable bonds is 1. The lowest BCUT2D eigenvalue weighted by Gasteiger charge is -2.22. The van der Waals surface area contributed by atoms with Gasteiger partial charge >= 0.3 is 0 Å². The van der Waals surface area contributed by atoms with Gasteiger partial charge in [0.1, 0.15) is 9.84 Å². The van der Waals surface area contributed by atoms with E-state index in [1.165, 1.54) is 0 Å². The molecule has 5 heteroatoms. The Kier molecular flexibility index (Phi) is 2.34. The molecule has 0 aliphatic carbocycles. The Morgan fingerprint density at radius 2 is 2.07 bits per heavy atom. The molecule has 1 fully saturated rings. The summed E-state index contributed by atoms with van der Waals surface area (Å²) in [7, 11) is -2.76. The Bertz CT molecular complexity index is 408. The third kappa shape index (κ3) is 1.97. The molecule has 0 unspecified atom stereocenters. The average molecular weight is 214 g/mol. The summed E-state index contributed by atoms with van der Waals surface area (Å²) in [4.78, 5) is 0. The number of hydrogen-bond acceptors (Lipinski definition) is 3. The molecule has 1 aliphatic heterocycles. The smallest absolute Gasteiger partial charge is 0.150 e. The molecule has 0 N–H and O–H groups in total. The molecular formula is C9H14N2O2S. The van der Waals surface area contributed by atoms with Crippen molar-refractivity contribution in [3.63, 3.8) is 0 Å². The summed E-state index contributed by atoms with van der Waals surface area (Å²) >= 11 is 0. The molecule has 1 aliphatic rings. The van der Waals surface area contributed by atoms with Crippen LogP contribution in [-0.2, 0) is 9.84 Å². The first kappa shape index (κ1) is 9.71. The summed E-state index contributed by atoms with van der Waals surface area (Å²) < 4.78 is 24.3. The first-order valence-electron chi connectivity index (χ1n) is 4.78. The van der Waals surface area contributed by atoms with E-state index in [0.29, 0.717) is 24.3 Å². The Labute approximate surface area is 83.8 Å². The Hall–Kier alpha value is -0.840. The zero-order valence-corrected chi connectivity index (χ0v) is 9.00. The fourth-order valence-corrected chi connectivity index (χ4v) is 3.24. The molecule has 4 nitrogen and oxygen atoms in total. The van der Waals surface area contributed by atoms with E-state index in [4.69, 9.17) is 0 Å². The largest absolute Gasteiger partial charge is 0.269 e. The Morgan fingerprint density at radius 3 is 2.57 bits per heavy atom. The van der Waals surface area contributed by atoms with Gasteiger partial charge in [0.25, 0.3) is 0 Å². The minimum absolute atomic E-state index is 0.271. The molecule has 0 spiro atoms. The minimum Gasteiger partial charge on any atom is -0.269 e. The van der Waals surface area contributed by atoms with Crippen molar-refractivity contribution in [3.05, 3.63) is 18.0 Å². The highest BCUT2D eigenvalue weighted by atomic mass is 32.2. The highest BCUT2D eigenvalue weighted by molar-refractivity contribution is 7.91. The zero-order chi connectivity index (χ0) is 10.2. The fraction of sp³-hybridized carbons (Fsp3) is 0.667. The normalized spacial score (nSPS) is 22.4. The van der Waals surface area contributed by atoms with Crippen LogP contribution in [0.4, 0.5) is 0 Å². The summed E-state index contributed by atoms with van der Waals surface area (Å²) in [5.41, 5.74) is 1.12. The van der Waals surface area contributed by atoms with Crippen LogP contribution in [0, 0.1) is 6.92 Å². The van der Waals surface area contributed by atoms with Gasteiger partial charge in [-0.1, -0.05) is 0 Å². The van der Waals surface area contributed by atoms with E-state index in [1.807, 2.05) is 24.0 Å². The molecule has 0 radical (unpaired) electrons. The minimum atomic E-state index is -2.76. The van der Waals surface area contributed by atoms with Gasteiger partial charge in [-0.25, -0.2) is 8.42 Å². The topological polar surface area (TPSA) is 52.0 Å². The summed E-state index contributed by atoms with van der Waals surface area (Å²) in [6, 6.07) is 0.271. The van der Waals surface area contributed by atoms with Gasteiger partial charge in [-0.15, -0.1) is 0 Å². The molecule has 78 valence electrons. The summed E-state index contributed by atoms with van der Waals surface area (Å²) in [5, 5.41) is 4.21. The van der Waals surface area contributed by atoms with Crippen LogP contribution in [0.15, 0.2) is 12.4 Å². The maximum absolute atomic E-state index is 11.2. The number of nitrogens with zero attached hydrogens (tertiary/aromatic N) is 2. The molecule has 0 amide bonds.